The van der Waals surface area contributed by atoms with Gasteiger partial charge in [0.05, 0.1) is 11.7 Å². The van der Waals surface area contributed by atoms with E-state index in [0.29, 0.717) is 43.3 Å². The third kappa shape index (κ3) is 5.36. The molecule has 1 fully saturated rings. The summed E-state index contributed by atoms with van der Waals surface area (Å²) < 4.78 is 7.19. The number of amides is 2. The number of fused-ring (bicyclic) bond motifs is 6. The van der Waals surface area contributed by atoms with Gasteiger partial charge in [-0.25, -0.2) is 4.98 Å². The Labute approximate surface area is 212 Å². The Hall–Kier alpha value is -3.44. The normalized spacial score (nSPS) is 20.1. The molecule has 36 heavy (non-hydrogen) atoms. The third-order valence-corrected chi connectivity index (χ3v) is 7.35. The van der Waals surface area contributed by atoms with Gasteiger partial charge in [-0.1, -0.05) is 6.92 Å². The summed E-state index contributed by atoms with van der Waals surface area (Å²) in [4.78, 5) is 47.9. The molecule has 3 aromatic rings. The average Bonchev–Trinajstić information content (AvgIpc) is 3.55. The summed E-state index contributed by atoms with van der Waals surface area (Å²) in [5.74, 6) is -1.43. The summed E-state index contributed by atoms with van der Waals surface area (Å²) in [6.45, 7) is 3.45. The van der Waals surface area contributed by atoms with Crippen molar-refractivity contribution in [1.29, 1.82) is 0 Å². The number of ether oxygens (including phenoxy) is 1. The molecule has 4 bridgehead atoms. The summed E-state index contributed by atoms with van der Waals surface area (Å²) in [5.41, 5.74) is 2.51. The smallest absolute Gasteiger partial charge is 0.275 e. The number of nitrogens with one attached hydrogen (secondary N) is 2. The average molecular weight is 509 g/mol. The minimum absolute atomic E-state index is 0.00998. The minimum Gasteiger partial charge on any atom is -0.381 e. The van der Waals surface area contributed by atoms with Crippen molar-refractivity contribution in [2.45, 2.75) is 45.1 Å². The molecule has 0 spiro atoms. The number of thiazole rings is 1. The van der Waals surface area contributed by atoms with Gasteiger partial charge in [-0.2, -0.15) is 5.10 Å². The molecule has 2 aliphatic rings. The van der Waals surface area contributed by atoms with E-state index in [9.17, 15) is 14.4 Å². The highest BCUT2D eigenvalue weighted by atomic mass is 32.1. The predicted molar refractivity (Wildman–Crippen MR) is 134 cm³/mol. The maximum atomic E-state index is 13.2. The van der Waals surface area contributed by atoms with Crippen LogP contribution in [0.25, 0.3) is 10.6 Å². The molecule has 5 rings (SSSR count). The van der Waals surface area contributed by atoms with Crippen LogP contribution in [0, 0.1) is 5.92 Å². The van der Waals surface area contributed by atoms with Crippen LogP contribution in [0.2, 0.25) is 0 Å². The van der Waals surface area contributed by atoms with Crippen LogP contribution in [-0.4, -0.2) is 57.1 Å². The molecule has 5 heterocycles. The number of aromatic nitrogens is 4. The van der Waals surface area contributed by atoms with E-state index in [1.807, 2.05) is 12.1 Å². The molecule has 1 atom stereocenters. The Morgan fingerprint density at radius 1 is 1.19 bits per heavy atom. The van der Waals surface area contributed by atoms with Crippen LogP contribution in [-0.2, 0) is 16.0 Å². The summed E-state index contributed by atoms with van der Waals surface area (Å²) in [6, 6.07) is 3.90. The van der Waals surface area contributed by atoms with E-state index in [1.165, 1.54) is 11.3 Å². The topological polar surface area (TPSA) is 128 Å². The Bertz CT molecular complexity index is 1280. The molecule has 0 aromatic carbocycles. The van der Waals surface area contributed by atoms with E-state index >= 15 is 0 Å². The largest absolute Gasteiger partial charge is 0.381 e. The quantitative estimate of drug-likeness (QED) is 0.516. The molecule has 188 valence electrons. The van der Waals surface area contributed by atoms with Crippen LogP contribution >= 0.6 is 11.3 Å². The monoisotopic (exact) mass is 508 g/mol. The van der Waals surface area contributed by atoms with Gasteiger partial charge in [0.1, 0.15) is 10.7 Å². The first kappa shape index (κ1) is 24.3. The number of Topliss-reactive ketones (excluding diaryl/α,β-unsaturated/α-hetero) is 1. The maximum absolute atomic E-state index is 13.2. The lowest BCUT2D eigenvalue weighted by Crippen LogP contribution is -2.31. The van der Waals surface area contributed by atoms with Gasteiger partial charge < -0.3 is 15.4 Å². The van der Waals surface area contributed by atoms with Crippen molar-refractivity contribution in [3.8, 4) is 10.6 Å². The number of anilines is 1. The van der Waals surface area contributed by atoms with Gasteiger partial charge in [0.25, 0.3) is 5.91 Å². The number of nitrogens with zero attached hydrogens (tertiary/aromatic N) is 4. The fourth-order valence-corrected chi connectivity index (χ4v) is 5.19. The van der Waals surface area contributed by atoms with Crippen LogP contribution < -0.4 is 10.6 Å². The van der Waals surface area contributed by atoms with Crippen LogP contribution in [0.1, 0.15) is 65.3 Å². The lowest BCUT2D eigenvalue weighted by molar-refractivity contribution is -0.124. The molecule has 2 N–H and O–H groups in total. The predicted octanol–water partition coefficient (Wildman–Crippen LogP) is 3.28. The molecule has 1 unspecified atom stereocenters. The van der Waals surface area contributed by atoms with Gasteiger partial charge in [-0.3, -0.25) is 24.0 Å². The van der Waals surface area contributed by atoms with Crippen molar-refractivity contribution in [3.05, 3.63) is 47.0 Å². The number of carbonyl (C=O) groups excluding carboxylic acids is 3. The first-order chi connectivity index (χ1) is 17.5. The number of ketones is 1. The Balaban J connectivity index is 1.48. The fourth-order valence-electron chi connectivity index (χ4n) is 4.39. The van der Waals surface area contributed by atoms with Gasteiger partial charge in [0.15, 0.2) is 11.5 Å². The number of aryl methyl sites for hydroxylation is 1. The van der Waals surface area contributed by atoms with Gasteiger partial charge in [-0.05, 0) is 37.8 Å². The van der Waals surface area contributed by atoms with E-state index < -0.39 is 11.8 Å². The maximum Gasteiger partial charge on any atom is 0.275 e. The molecule has 2 amide bonds. The zero-order valence-electron chi connectivity index (χ0n) is 20.0. The lowest BCUT2D eigenvalue weighted by atomic mass is 10.0. The van der Waals surface area contributed by atoms with E-state index in [0.717, 1.165) is 24.1 Å². The Morgan fingerprint density at radius 3 is 2.86 bits per heavy atom. The van der Waals surface area contributed by atoms with E-state index in [4.69, 9.17) is 4.74 Å². The highest BCUT2D eigenvalue weighted by Gasteiger charge is 2.27. The summed E-state index contributed by atoms with van der Waals surface area (Å²) >= 11 is 1.37. The standard InChI is InChI=1S/C25H28N6O4S/c1-15-11-21(32)22-19(13-31(30-22)18-5-9-35-10-6-18)28-24(34)20-14-36-25(29-20)16-4-8-26-17(12-16)3-2-7-27-23(15)33/h4,8,12-15,18H,2-3,5-7,9-11H2,1H3,(H,27,33)(H,28,34). The number of hydrogen-bond acceptors (Lipinski definition) is 8. The second kappa shape index (κ2) is 10.7. The minimum atomic E-state index is -0.532. The third-order valence-electron chi connectivity index (χ3n) is 6.46. The second-order valence-corrected chi connectivity index (χ2v) is 10.0. The molecule has 0 saturated carbocycles. The van der Waals surface area contributed by atoms with Gasteiger partial charge in [0.2, 0.25) is 5.91 Å². The molecule has 11 heteroatoms. The van der Waals surface area contributed by atoms with E-state index in [2.05, 4.69) is 25.7 Å². The van der Waals surface area contributed by atoms with E-state index in [-0.39, 0.29) is 35.5 Å². The fraction of sp³-hybridized carbons (Fsp3) is 0.440. The van der Waals surface area contributed by atoms with E-state index in [1.54, 1.807) is 29.4 Å². The molecule has 1 saturated heterocycles. The second-order valence-electron chi connectivity index (χ2n) is 9.17. The van der Waals surface area contributed by atoms with Crippen molar-refractivity contribution in [2.75, 3.05) is 25.1 Å². The molecule has 2 aliphatic heterocycles. The first-order valence-corrected chi connectivity index (χ1v) is 13.1. The highest BCUT2D eigenvalue weighted by Crippen LogP contribution is 2.28. The summed E-state index contributed by atoms with van der Waals surface area (Å²) in [6.07, 6.45) is 6.36. The molecule has 3 aromatic heterocycles. The van der Waals surface area contributed by atoms with Crippen molar-refractivity contribution in [1.82, 2.24) is 25.1 Å². The first-order valence-electron chi connectivity index (χ1n) is 12.2. The highest BCUT2D eigenvalue weighted by molar-refractivity contribution is 7.13. The van der Waals surface area contributed by atoms with Crippen LogP contribution in [0.5, 0.6) is 0 Å². The Kier molecular flexibility index (Phi) is 7.19. The van der Waals surface area contributed by atoms with Crippen LogP contribution in [0.15, 0.2) is 29.9 Å². The number of carbonyl (C=O) groups is 3. The lowest BCUT2D eigenvalue weighted by Gasteiger charge is -2.22. The SMILES string of the molecule is CC1CC(=O)c2nn(C3CCOCC3)cc2NC(=O)c2csc(n2)-c2ccnc(c2)CCCNC1=O. The van der Waals surface area contributed by atoms with Gasteiger partial charge >= 0.3 is 0 Å². The van der Waals surface area contributed by atoms with Crippen LogP contribution in [0.3, 0.4) is 0 Å². The number of hydrogen-bond donors (Lipinski definition) is 2. The van der Waals surface area contributed by atoms with Crippen molar-refractivity contribution >= 4 is 34.6 Å². The molecular formula is C25H28N6O4S. The van der Waals surface area contributed by atoms with Gasteiger partial charge in [0, 0.05) is 61.1 Å². The van der Waals surface area contributed by atoms with Crippen molar-refractivity contribution < 1.29 is 19.1 Å². The van der Waals surface area contributed by atoms with Crippen LogP contribution in [0.4, 0.5) is 5.69 Å². The zero-order valence-corrected chi connectivity index (χ0v) is 20.8. The number of pyridine rings is 1. The van der Waals surface area contributed by atoms with Gasteiger partial charge in [-0.15, -0.1) is 11.3 Å². The summed E-state index contributed by atoms with van der Waals surface area (Å²) in [7, 11) is 0. The Morgan fingerprint density at radius 2 is 2.03 bits per heavy atom. The van der Waals surface area contributed by atoms with Crippen molar-refractivity contribution in [3.63, 3.8) is 0 Å². The van der Waals surface area contributed by atoms with Crippen molar-refractivity contribution in [2.24, 2.45) is 5.92 Å². The number of rotatable bonds is 1. The molecular weight excluding hydrogens is 480 g/mol. The molecule has 10 nitrogen and oxygen atoms in total. The molecule has 0 radical (unpaired) electrons. The molecule has 0 aliphatic carbocycles. The zero-order chi connectivity index (χ0) is 25.1. The summed E-state index contributed by atoms with van der Waals surface area (Å²) in [5, 5.41) is 12.7.